The highest BCUT2D eigenvalue weighted by Gasteiger charge is 2.52. The highest BCUT2D eigenvalue weighted by molar-refractivity contribution is 6.07. The Morgan fingerprint density at radius 3 is 2.45 bits per heavy atom. The maximum atomic E-state index is 12.7. The van der Waals surface area contributed by atoms with Crippen LogP contribution in [0.3, 0.4) is 0 Å². The van der Waals surface area contributed by atoms with Gasteiger partial charge in [0.1, 0.15) is 17.0 Å². The average Bonchev–Trinajstić information content (AvgIpc) is 3.39. The molecule has 180 valence electrons. The molecule has 33 heavy (non-hydrogen) atoms. The first-order chi connectivity index (χ1) is 16.0. The summed E-state index contributed by atoms with van der Waals surface area (Å²) in [5, 5.41) is 2.89. The monoisotopic (exact) mass is 458 g/mol. The summed E-state index contributed by atoms with van der Waals surface area (Å²) in [4.78, 5) is 43.2. The maximum Gasteiger partial charge on any atom is 0.325 e. The Kier molecular flexibility index (Phi) is 7.07. The molecular formula is C24H34N4O5. The second-order valence-electron chi connectivity index (χ2n) is 9.11. The standard InChI is InChI=1S/C24H34N4O5/c1-32-19-7-8-20(33-2)18(16-19)17-26-12-14-27(15-13-26)21(29)6-5-11-28-22(30)24(25-23(28)31)9-3-4-10-24/h7-8,16H,3-6,9-15,17H2,1-2H3,(H,25,31). The van der Waals surface area contributed by atoms with Crippen LogP contribution in [0.25, 0.3) is 0 Å². The van der Waals surface area contributed by atoms with E-state index in [1.165, 1.54) is 4.90 Å². The number of ether oxygens (including phenoxy) is 2. The number of nitrogens with one attached hydrogen (secondary N) is 1. The maximum absolute atomic E-state index is 12.7. The summed E-state index contributed by atoms with van der Waals surface area (Å²) < 4.78 is 10.8. The number of benzene rings is 1. The normalized spacial score (nSPS) is 20.4. The first-order valence-electron chi connectivity index (χ1n) is 11.8. The molecule has 0 aromatic heterocycles. The minimum atomic E-state index is -0.678. The summed E-state index contributed by atoms with van der Waals surface area (Å²) in [6.07, 6.45) is 4.21. The quantitative estimate of drug-likeness (QED) is 0.599. The van der Waals surface area contributed by atoms with Crippen LogP contribution in [0.15, 0.2) is 18.2 Å². The molecule has 9 nitrogen and oxygen atoms in total. The second-order valence-corrected chi connectivity index (χ2v) is 9.11. The van der Waals surface area contributed by atoms with E-state index in [0.29, 0.717) is 32.5 Å². The molecule has 0 radical (unpaired) electrons. The zero-order chi connectivity index (χ0) is 23.4. The van der Waals surface area contributed by atoms with Crippen LogP contribution < -0.4 is 14.8 Å². The van der Waals surface area contributed by atoms with Gasteiger partial charge in [-0.15, -0.1) is 0 Å². The number of amides is 4. The van der Waals surface area contributed by atoms with Crippen molar-refractivity contribution in [1.82, 2.24) is 20.0 Å². The van der Waals surface area contributed by atoms with Crippen LogP contribution in [-0.4, -0.2) is 85.0 Å². The molecule has 4 amide bonds. The minimum absolute atomic E-state index is 0.0799. The van der Waals surface area contributed by atoms with E-state index >= 15 is 0 Å². The van der Waals surface area contributed by atoms with Crippen LogP contribution in [0.2, 0.25) is 0 Å². The third kappa shape index (κ3) is 4.93. The summed E-state index contributed by atoms with van der Waals surface area (Å²) in [6, 6.07) is 5.47. The summed E-state index contributed by atoms with van der Waals surface area (Å²) >= 11 is 0. The number of methoxy groups -OCH3 is 2. The lowest BCUT2D eigenvalue weighted by atomic mass is 9.98. The van der Waals surface area contributed by atoms with Crippen molar-refractivity contribution in [2.24, 2.45) is 0 Å². The van der Waals surface area contributed by atoms with Gasteiger partial charge < -0.3 is 19.7 Å². The lowest BCUT2D eigenvalue weighted by Gasteiger charge is -2.35. The van der Waals surface area contributed by atoms with Gasteiger partial charge in [0.25, 0.3) is 5.91 Å². The van der Waals surface area contributed by atoms with Crippen molar-refractivity contribution in [3.05, 3.63) is 23.8 Å². The molecule has 1 saturated carbocycles. The number of nitrogens with zero attached hydrogens (tertiary/aromatic N) is 3. The van der Waals surface area contributed by atoms with Crippen molar-refractivity contribution in [2.75, 3.05) is 46.9 Å². The van der Waals surface area contributed by atoms with Crippen LogP contribution in [-0.2, 0) is 16.1 Å². The van der Waals surface area contributed by atoms with Gasteiger partial charge in [-0.2, -0.15) is 0 Å². The molecule has 0 unspecified atom stereocenters. The zero-order valence-corrected chi connectivity index (χ0v) is 19.6. The Labute approximate surface area is 195 Å². The minimum Gasteiger partial charge on any atom is -0.497 e. The van der Waals surface area contributed by atoms with E-state index in [0.717, 1.165) is 62.4 Å². The van der Waals surface area contributed by atoms with Gasteiger partial charge in [0, 0.05) is 51.3 Å². The molecule has 2 heterocycles. The first-order valence-corrected chi connectivity index (χ1v) is 11.8. The Bertz CT molecular complexity index is 891. The molecular weight excluding hydrogens is 424 g/mol. The van der Waals surface area contributed by atoms with Crippen molar-refractivity contribution >= 4 is 17.8 Å². The van der Waals surface area contributed by atoms with Crippen LogP contribution >= 0.6 is 0 Å². The fourth-order valence-corrected chi connectivity index (χ4v) is 5.15. The molecule has 4 rings (SSSR count). The molecule has 0 bridgehead atoms. The summed E-state index contributed by atoms with van der Waals surface area (Å²) in [7, 11) is 3.31. The van der Waals surface area contributed by atoms with Gasteiger partial charge in [0.15, 0.2) is 0 Å². The van der Waals surface area contributed by atoms with E-state index in [1.807, 2.05) is 23.1 Å². The first kappa shape index (κ1) is 23.4. The van der Waals surface area contributed by atoms with Crippen molar-refractivity contribution in [3.8, 4) is 11.5 Å². The van der Waals surface area contributed by atoms with Crippen molar-refractivity contribution < 1.29 is 23.9 Å². The lowest BCUT2D eigenvalue weighted by molar-refractivity contribution is -0.134. The molecule has 1 spiro atoms. The highest BCUT2D eigenvalue weighted by Crippen LogP contribution is 2.35. The summed E-state index contributed by atoms with van der Waals surface area (Å²) in [5.74, 6) is 1.59. The topological polar surface area (TPSA) is 91.4 Å². The number of hydrogen-bond acceptors (Lipinski definition) is 6. The number of piperazine rings is 1. The fraction of sp³-hybridized carbons (Fsp3) is 0.625. The van der Waals surface area contributed by atoms with Crippen molar-refractivity contribution in [1.29, 1.82) is 0 Å². The molecule has 1 aromatic carbocycles. The van der Waals surface area contributed by atoms with Crippen molar-refractivity contribution in [3.63, 3.8) is 0 Å². The number of imide groups is 1. The molecule has 2 aliphatic heterocycles. The lowest BCUT2D eigenvalue weighted by Crippen LogP contribution is -2.48. The molecule has 2 saturated heterocycles. The number of carbonyl (C=O) groups is 3. The molecule has 3 fully saturated rings. The molecule has 1 N–H and O–H groups in total. The zero-order valence-electron chi connectivity index (χ0n) is 19.6. The predicted octanol–water partition coefficient (Wildman–Crippen LogP) is 1.99. The molecule has 1 aliphatic carbocycles. The van der Waals surface area contributed by atoms with Gasteiger partial charge >= 0.3 is 6.03 Å². The average molecular weight is 459 g/mol. The highest BCUT2D eigenvalue weighted by atomic mass is 16.5. The predicted molar refractivity (Wildman–Crippen MR) is 122 cm³/mol. The van der Waals surface area contributed by atoms with Gasteiger partial charge in [-0.25, -0.2) is 4.79 Å². The van der Waals surface area contributed by atoms with E-state index < -0.39 is 5.54 Å². The molecule has 1 aromatic rings. The van der Waals surface area contributed by atoms with Gasteiger partial charge in [-0.05, 0) is 37.5 Å². The number of rotatable bonds is 8. The number of carbonyl (C=O) groups excluding carboxylic acids is 3. The van der Waals surface area contributed by atoms with Gasteiger partial charge in [-0.1, -0.05) is 12.8 Å². The van der Waals surface area contributed by atoms with E-state index in [2.05, 4.69) is 10.2 Å². The van der Waals surface area contributed by atoms with Gasteiger partial charge in [0.2, 0.25) is 5.91 Å². The van der Waals surface area contributed by atoms with E-state index in [1.54, 1.807) is 14.2 Å². The molecule has 9 heteroatoms. The van der Waals surface area contributed by atoms with Crippen LogP contribution in [0.4, 0.5) is 4.79 Å². The summed E-state index contributed by atoms with van der Waals surface area (Å²) in [5.41, 5.74) is 0.383. The number of hydrogen-bond donors (Lipinski definition) is 1. The number of urea groups is 1. The fourth-order valence-electron chi connectivity index (χ4n) is 5.15. The SMILES string of the molecule is COc1ccc(OC)c(CN2CCN(C(=O)CCCN3C(=O)NC4(CCCC4)C3=O)CC2)c1. The van der Waals surface area contributed by atoms with Gasteiger partial charge in [0.05, 0.1) is 14.2 Å². The van der Waals surface area contributed by atoms with E-state index in [4.69, 9.17) is 9.47 Å². The largest absolute Gasteiger partial charge is 0.497 e. The van der Waals surface area contributed by atoms with E-state index in [-0.39, 0.29) is 17.8 Å². The molecule has 3 aliphatic rings. The van der Waals surface area contributed by atoms with E-state index in [9.17, 15) is 14.4 Å². The second kappa shape index (κ2) is 9.99. The Hall–Kier alpha value is -2.81. The Morgan fingerprint density at radius 1 is 1.06 bits per heavy atom. The smallest absolute Gasteiger partial charge is 0.325 e. The van der Waals surface area contributed by atoms with Gasteiger partial charge in [-0.3, -0.25) is 19.4 Å². The van der Waals surface area contributed by atoms with Crippen molar-refractivity contribution in [2.45, 2.75) is 50.6 Å². The third-order valence-electron chi connectivity index (χ3n) is 7.08. The van der Waals surface area contributed by atoms with Crippen LogP contribution in [0.1, 0.15) is 44.1 Å². The molecule has 0 atom stereocenters. The van der Waals surface area contributed by atoms with Crippen LogP contribution in [0, 0.1) is 0 Å². The summed E-state index contributed by atoms with van der Waals surface area (Å²) in [6.45, 7) is 3.92. The Morgan fingerprint density at radius 2 is 1.79 bits per heavy atom. The van der Waals surface area contributed by atoms with Crippen LogP contribution in [0.5, 0.6) is 11.5 Å². The Balaban J connectivity index is 1.22. The third-order valence-corrected chi connectivity index (χ3v) is 7.08.